The van der Waals surface area contributed by atoms with Gasteiger partial charge in [0.25, 0.3) is 5.91 Å². The van der Waals surface area contributed by atoms with Crippen LogP contribution in [0.5, 0.6) is 0 Å². The van der Waals surface area contributed by atoms with Crippen LogP contribution in [0.15, 0.2) is 24.3 Å². The van der Waals surface area contributed by atoms with E-state index in [9.17, 15) is 4.79 Å². The van der Waals surface area contributed by atoms with Gasteiger partial charge in [-0.25, -0.2) is 0 Å². The van der Waals surface area contributed by atoms with Gasteiger partial charge in [-0.2, -0.15) is 0 Å². The molecule has 1 aromatic carbocycles. The van der Waals surface area contributed by atoms with Gasteiger partial charge in [-0.1, -0.05) is 12.1 Å². The molecule has 2 aliphatic rings. The minimum atomic E-state index is 0.141. The van der Waals surface area contributed by atoms with Crippen molar-refractivity contribution in [1.29, 1.82) is 0 Å². The van der Waals surface area contributed by atoms with Crippen molar-refractivity contribution in [3.63, 3.8) is 0 Å². The molecule has 1 heterocycles. The largest absolute Gasteiger partial charge is 0.383 e. The van der Waals surface area contributed by atoms with E-state index in [0.29, 0.717) is 25.0 Å². The van der Waals surface area contributed by atoms with Crippen molar-refractivity contribution < 1.29 is 9.53 Å². The molecule has 1 atom stereocenters. The number of rotatable bonds is 7. The number of amides is 1. The van der Waals surface area contributed by atoms with Crippen molar-refractivity contribution in [1.82, 2.24) is 10.2 Å². The molecular formula is C19H28N2O2. The van der Waals surface area contributed by atoms with Crippen LogP contribution in [0, 0.1) is 5.92 Å². The quantitative estimate of drug-likeness (QED) is 0.841. The van der Waals surface area contributed by atoms with E-state index in [2.05, 4.69) is 17.4 Å². The Bertz CT molecular complexity index is 505. The van der Waals surface area contributed by atoms with Crippen molar-refractivity contribution in [3.05, 3.63) is 35.4 Å². The number of hydrogen-bond acceptors (Lipinski definition) is 3. The lowest BCUT2D eigenvalue weighted by Crippen LogP contribution is -2.35. The van der Waals surface area contributed by atoms with Gasteiger partial charge in [0.2, 0.25) is 0 Å². The Morgan fingerprint density at radius 1 is 1.26 bits per heavy atom. The van der Waals surface area contributed by atoms with Crippen LogP contribution in [-0.2, 0) is 4.74 Å². The molecule has 1 amide bonds. The number of methoxy groups -OCH3 is 1. The third-order valence-corrected chi connectivity index (χ3v) is 4.95. The van der Waals surface area contributed by atoms with Crippen molar-refractivity contribution in [2.45, 2.75) is 31.6 Å². The fourth-order valence-corrected chi connectivity index (χ4v) is 3.31. The summed E-state index contributed by atoms with van der Waals surface area (Å²) in [4.78, 5) is 14.7. The highest BCUT2D eigenvalue weighted by molar-refractivity contribution is 5.94. The Balaban J connectivity index is 1.64. The number of nitrogens with one attached hydrogen (secondary N) is 1. The van der Waals surface area contributed by atoms with E-state index in [0.717, 1.165) is 25.2 Å². The average Bonchev–Trinajstić information content (AvgIpc) is 3.43. The third-order valence-electron chi connectivity index (χ3n) is 4.95. The smallest absolute Gasteiger partial charge is 0.253 e. The van der Waals surface area contributed by atoms with E-state index < -0.39 is 0 Å². The third kappa shape index (κ3) is 4.55. The second-order valence-corrected chi connectivity index (χ2v) is 6.85. The van der Waals surface area contributed by atoms with E-state index in [1.165, 1.54) is 31.2 Å². The Kier molecular flexibility index (Phi) is 5.68. The van der Waals surface area contributed by atoms with Crippen LogP contribution in [0.1, 0.15) is 47.5 Å². The van der Waals surface area contributed by atoms with E-state index >= 15 is 0 Å². The minimum Gasteiger partial charge on any atom is -0.383 e. The first-order chi connectivity index (χ1) is 11.3. The summed E-state index contributed by atoms with van der Waals surface area (Å²) in [5.41, 5.74) is 2.15. The number of benzene rings is 1. The average molecular weight is 316 g/mol. The van der Waals surface area contributed by atoms with Crippen molar-refractivity contribution >= 4 is 5.91 Å². The summed E-state index contributed by atoms with van der Waals surface area (Å²) < 4.78 is 5.16. The normalized spacial score (nSPS) is 21.2. The lowest BCUT2D eigenvalue weighted by Gasteiger charge is -2.24. The molecule has 1 N–H and O–H groups in total. The molecule has 4 heteroatoms. The van der Waals surface area contributed by atoms with Crippen LogP contribution in [-0.4, -0.2) is 50.7 Å². The van der Waals surface area contributed by atoms with E-state index in [1.54, 1.807) is 7.11 Å². The van der Waals surface area contributed by atoms with E-state index in [4.69, 9.17) is 4.74 Å². The van der Waals surface area contributed by atoms with Gasteiger partial charge in [0.1, 0.15) is 0 Å². The number of carbonyl (C=O) groups is 1. The molecule has 1 saturated carbocycles. The first-order valence-corrected chi connectivity index (χ1v) is 8.87. The highest BCUT2D eigenvalue weighted by Crippen LogP contribution is 2.30. The van der Waals surface area contributed by atoms with Crippen LogP contribution in [0.25, 0.3) is 0 Å². The molecule has 0 spiro atoms. The molecule has 1 saturated heterocycles. The number of carbonyl (C=O) groups excluding carboxylic acids is 1. The summed E-state index contributed by atoms with van der Waals surface area (Å²) in [7, 11) is 1.69. The van der Waals surface area contributed by atoms with Crippen molar-refractivity contribution in [2.75, 3.05) is 39.9 Å². The maximum Gasteiger partial charge on any atom is 0.253 e. The van der Waals surface area contributed by atoms with Crippen LogP contribution < -0.4 is 5.32 Å². The van der Waals surface area contributed by atoms with Crippen molar-refractivity contribution in [3.8, 4) is 0 Å². The number of nitrogens with zero attached hydrogens (tertiary/aromatic N) is 1. The monoisotopic (exact) mass is 316 g/mol. The van der Waals surface area contributed by atoms with Gasteiger partial charge in [-0.3, -0.25) is 4.79 Å². The lowest BCUT2D eigenvalue weighted by atomic mass is 9.91. The van der Waals surface area contributed by atoms with E-state index in [1.807, 2.05) is 17.0 Å². The van der Waals surface area contributed by atoms with Gasteiger partial charge in [0.05, 0.1) is 6.61 Å². The molecule has 1 aliphatic heterocycles. The topological polar surface area (TPSA) is 41.6 Å². The molecule has 1 aromatic rings. The molecule has 0 radical (unpaired) electrons. The first-order valence-electron chi connectivity index (χ1n) is 8.87. The second-order valence-electron chi connectivity index (χ2n) is 6.85. The van der Waals surface area contributed by atoms with Gasteiger partial charge in [-0.15, -0.1) is 0 Å². The highest BCUT2D eigenvalue weighted by atomic mass is 16.5. The zero-order chi connectivity index (χ0) is 16.1. The zero-order valence-electron chi connectivity index (χ0n) is 14.1. The molecule has 23 heavy (non-hydrogen) atoms. The summed E-state index contributed by atoms with van der Waals surface area (Å²) in [5, 5.41) is 3.45. The van der Waals surface area contributed by atoms with Gasteiger partial charge in [-0.05, 0) is 61.8 Å². The molecule has 126 valence electrons. The molecule has 3 rings (SSSR count). The molecule has 1 aliphatic carbocycles. The lowest BCUT2D eigenvalue weighted by molar-refractivity contribution is 0.0686. The maximum atomic E-state index is 12.8. The molecule has 0 bridgehead atoms. The van der Waals surface area contributed by atoms with E-state index in [-0.39, 0.29) is 5.91 Å². The molecule has 2 fully saturated rings. The second kappa shape index (κ2) is 7.93. The highest BCUT2D eigenvalue weighted by Gasteiger charge is 2.27. The summed E-state index contributed by atoms with van der Waals surface area (Å²) >= 11 is 0. The predicted octanol–water partition coefficient (Wildman–Crippen LogP) is 2.65. The van der Waals surface area contributed by atoms with Crippen LogP contribution >= 0.6 is 0 Å². The fraction of sp³-hybridized carbons (Fsp3) is 0.632. The standard InChI is InChI=1S/C19H28N2O2/c1-23-12-11-21(14-15-4-5-15)19(22)17-8-6-16(7-9-17)18-3-2-10-20-13-18/h6-9,15,18,20H,2-5,10-14H2,1H3/t18-/m0/s1. The number of piperidine rings is 1. The first kappa shape index (κ1) is 16.5. The molecule has 0 aromatic heterocycles. The van der Waals surface area contributed by atoms with Crippen LogP contribution in [0.2, 0.25) is 0 Å². The fourth-order valence-electron chi connectivity index (χ4n) is 3.31. The minimum absolute atomic E-state index is 0.141. The Hall–Kier alpha value is -1.39. The molecular weight excluding hydrogens is 288 g/mol. The Morgan fingerprint density at radius 3 is 2.65 bits per heavy atom. The van der Waals surface area contributed by atoms with Crippen LogP contribution in [0.3, 0.4) is 0 Å². The molecule has 0 unspecified atom stereocenters. The molecule has 4 nitrogen and oxygen atoms in total. The summed E-state index contributed by atoms with van der Waals surface area (Å²) in [6.45, 7) is 4.33. The van der Waals surface area contributed by atoms with Crippen LogP contribution in [0.4, 0.5) is 0 Å². The maximum absolute atomic E-state index is 12.8. The van der Waals surface area contributed by atoms with Crippen molar-refractivity contribution in [2.24, 2.45) is 5.92 Å². The summed E-state index contributed by atoms with van der Waals surface area (Å²) in [5.74, 6) is 1.43. The van der Waals surface area contributed by atoms with Gasteiger partial charge < -0.3 is 15.0 Å². The Morgan fingerprint density at radius 2 is 2.04 bits per heavy atom. The van der Waals surface area contributed by atoms with Gasteiger partial charge in [0.15, 0.2) is 0 Å². The Labute approximate surface area is 139 Å². The SMILES string of the molecule is COCCN(CC1CC1)C(=O)c1ccc([C@H]2CCCNC2)cc1. The van der Waals surface area contributed by atoms with Gasteiger partial charge in [0, 0.05) is 32.3 Å². The predicted molar refractivity (Wildman–Crippen MR) is 91.8 cm³/mol. The number of ether oxygens (including phenoxy) is 1. The summed E-state index contributed by atoms with van der Waals surface area (Å²) in [6, 6.07) is 8.27. The number of hydrogen-bond donors (Lipinski definition) is 1. The zero-order valence-corrected chi connectivity index (χ0v) is 14.1. The van der Waals surface area contributed by atoms with Gasteiger partial charge >= 0.3 is 0 Å². The summed E-state index contributed by atoms with van der Waals surface area (Å²) in [6.07, 6.45) is 4.98.